The second-order valence-corrected chi connectivity index (χ2v) is 5.43. The van der Waals surface area contributed by atoms with Crippen molar-refractivity contribution in [3.63, 3.8) is 0 Å². The zero-order valence-electron chi connectivity index (χ0n) is 8.93. The molecule has 0 aliphatic carbocycles. The number of aldehydes is 1. The molecular weight excluding hydrogens is 291 g/mol. The average molecular weight is 297 g/mol. The summed E-state index contributed by atoms with van der Waals surface area (Å²) in [6.07, 6.45) is 2.40. The smallest absolute Gasteiger partial charge is 0.169 e. The number of fused-ring (bicyclic) bond motifs is 1. The molecule has 3 nitrogen and oxygen atoms in total. The molecule has 0 bridgehead atoms. The Morgan fingerprint density at radius 2 is 2.22 bits per heavy atom. The molecule has 0 aliphatic heterocycles. The summed E-state index contributed by atoms with van der Waals surface area (Å²) in [6, 6.07) is 5.43. The maximum atomic E-state index is 11.3. The number of aromatic nitrogens is 2. The lowest BCUT2D eigenvalue weighted by Crippen LogP contribution is -1.92. The summed E-state index contributed by atoms with van der Waals surface area (Å²) in [5.41, 5.74) is 1.62. The number of nitrogens with zero attached hydrogens (tertiary/aromatic N) is 2. The van der Waals surface area contributed by atoms with Crippen LogP contribution in [0.5, 0.6) is 0 Å². The molecule has 0 N–H and O–H groups in total. The van der Waals surface area contributed by atoms with Gasteiger partial charge in [0.25, 0.3) is 0 Å². The Morgan fingerprint density at radius 3 is 2.89 bits per heavy atom. The molecule has 3 heterocycles. The number of pyridine rings is 1. The molecule has 0 saturated carbocycles. The lowest BCUT2D eigenvalue weighted by Gasteiger charge is -1.98. The molecule has 18 heavy (non-hydrogen) atoms. The van der Waals surface area contributed by atoms with E-state index in [-0.39, 0.29) is 0 Å². The molecule has 0 saturated heterocycles. The van der Waals surface area contributed by atoms with Crippen molar-refractivity contribution < 1.29 is 4.79 Å². The molecule has 3 aromatic rings. The van der Waals surface area contributed by atoms with Gasteiger partial charge in [0.05, 0.1) is 14.9 Å². The van der Waals surface area contributed by atoms with Crippen molar-refractivity contribution in [2.24, 2.45) is 0 Å². The van der Waals surface area contributed by atoms with Crippen molar-refractivity contribution in [3.8, 4) is 10.6 Å². The van der Waals surface area contributed by atoms with Crippen molar-refractivity contribution in [2.45, 2.75) is 0 Å². The van der Waals surface area contributed by atoms with E-state index in [9.17, 15) is 4.79 Å². The number of rotatable bonds is 2. The van der Waals surface area contributed by atoms with Gasteiger partial charge in [0.2, 0.25) is 0 Å². The number of halogens is 2. The second-order valence-electron chi connectivity index (χ2n) is 3.64. The lowest BCUT2D eigenvalue weighted by atomic mass is 10.3. The van der Waals surface area contributed by atoms with Gasteiger partial charge < -0.3 is 0 Å². The number of thiophene rings is 1. The predicted molar refractivity (Wildman–Crippen MR) is 73.9 cm³/mol. The van der Waals surface area contributed by atoms with Crippen molar-refractivity contribution in [3.05, 3.63) is 45.5 Å². The standard InChI is InChI=1S/C12H6Cl2N2OS/c13-7-4-8(14)12-15-11(10-2-1-3-18-10)9(6-17)16(12)5-7/h1-6H. The molecule has 0 radical (unpaired) electrons. The number of carbonyl (C=O) groups excluding carboxylic acids is 1. The zero-order chi connectivity index (χ0) is 12.7. The molecule has 0 aliphatic rings. The van der Waals surface area contributed by atoms with Gasteiger partial charge in [-0.3, -0.25) is 9.20 Å². The molecular formula is C12H6Cl2N2OS. The first-order valence-corrected chi connectivity index (χ1v) is 6.70. The van der Waals surface area contributed by atoms with Crippen molar-refractivity contribution >= 4 is 46.5 Å². The fourth-order valence-electron chi connectivity index (χ4n) is 1.80. The first-order chi connectivity index (χ1) is 8.70. The van der Waals surface area contributed by atoms with Crippen molar-refractivity contribution in [1.82, 2.24) is 9.38 Å². The minimum atomic E-state index is 0.424. The van der Waals surface area contributed by atoms with Crippen molar-refractivity contribution in [2.75, 3.05) is 0 Å². The summed E-state index contributed by atoms with van der Waals surface area (Å²) in [5.74, 6) is 0. The Kier molecular flexibility index (Phi) is 2.86. The molecule has 6 heteroatoms. The fourth-order valence-corrected chi connectivity index (χ4v) is 3.03. The normalized spacial score (nSPS) is 11.0. The number of carbonyl (C=O) groups is 1. The van der Waals surface area contributed by atoms with Crippen LogP contribution in [-0.4, -0.2) is 15.7 Å². The van der Waals surface area contributed by atoms with Gasteiger partial charge in [0.1, 0.15) is 11.4 Å². The van der Waals surface area contributed by atoms with Gasteiger partial charge in [0, 0.05) is 6.20 Å². The maximum absolute atomic E-state index is 11.3. The summed E-state index contributed by atoms with van der Waals surface area (Å²) < 4.78 is 1.62. The fraction of sp³-hybridized carbons (Fsp3) is 0. The van der Waals surface area contributed by atoms with E-state index in [2.05, 4.69) is 4.98 Å². The van der Waals surface area contributed by atoms with Crippen LogP contribution in [0.4, 0.5) is 0 Å². The lowest BCUT2D eigenvalue weighted by molar-refractivity contribution is 0.111. The van der Waals surface area contributed by atoms with Crippen LogP contribution in [0.2, 0.25) is 10.0 Å². The third-order valence-corrected chi connectivity index (χ3v) is 3.91. The molecule has 3 aromatic heterocycles. The second kappa shape index (κ2) is 4.39. The van der Waals surface area contributed by atoms with E-state index in [1.807, 2.05) is 17.5 Å². The van der Waals surface area contributed by atoms with E-state index in [4.69, 9.17) is 23.2 Å². The molecule has 3 rings (SSSR count). The van der Waals surface area contributed by atoms with Crippen LogP contribution in [0.15, 0.2) is 29.8 Å². The highest BCUT2D eigenvalue weighted by Gasteiger charge is 2.16. The Balaban J connectivity index is 2.41. The van der Waals surface area contributed by atoms with Crippen LogP contribution in [-0.2, 0) is 0 Å². The Bertz CT molecular complexity index is 734. The molecule has 0 unspecified atom stereocenters. The van der Waals surface area contributed by atoms with E-state index in [1.54, 1.807) is 16.7 Å². The number of hydrogen-bond donors (Lipinski definition) is 0. The third-order valence-electron chi connectivity index (χ3n) is 2.54. The largest absolute Gasteiger partial charge is 0.296 e. The van der Waals surface area contributed by atoms with E-state index in [0.717, 1.165) is 11.2 Å². The number of hydrogen-bond acceptors (Lipinski definition) is 3. The van der Waals surface area contributed by atoms with Gasteiger partial charge in [-0.1, -0.05) is 29.3 Å². The van der Waals surface area contributed by atoms with Crippen LogP contribution >= 0.6 is 34.5 Å². The summed E-state index contributed by atoms with van der Waals surface area (Å²) in [6.45, 7) is 0. The zero-order valence-corrected chi connectivity index (χ0v) is 11.3. The number of imidazole rings is 1. The van der Waals surface area contributed by atoms with E-state index >= 15 is 0 Å². The molecule has 0 fully saturated rings. The third kappa shape index (κ3) is 1.73. The van der Waals surface area contributed by atoms with E-state index in [1.165, 1.54) is 11.3 Å². The van der Waals surface area contributed by atoms with Gasteiger partial charge in [-0.05, 0) is 17.5 Å². The SMILES string of the molecule is O=Cc1c(-c2cccs2)nc2c(Cl)cc(Cl)cn12. The summed E-state index contributed by atoms with van der Waals surface area (Å²) in [7, 11) is 0. The van der Waals surface area contributed by atoms with Gasteiger partial charge in [-0.25, -0.2) is 4.98 Å². The molecule has 90 valence electrons. The molecule has 0 aromatic carbocycles. The molecule has 0 amide bonds. The van der Waals surface area contributed by atoms with Gasteiger partial charge >= 0.3 is 0 Å². The highest BCUT2D eigenvalue weighted by molar-refractivity contribution is 7.13. The van der Waals surface area contributed by atoms with Crippen LogP contribution in [0.25, 0.3) is 16.2 Å². The molecule has 0 atom stereocenters. The topological polar surface area (TPSA) is 34.4 Å². The molecule has 0 spiro atoms. The minimum Gasteiger partial charge on any atom is -0.296 e. The average Bonchev–Trinajstić information content (AvgIpc) is 2.93. The summed E-state index contributed by atoms with van der Waals surface area (Å²) >= 11 is 13.5. The Hall–Kier alpha value is -1.36. The summed E-state index contributed by atoms with van der Waals surface area (Å²) in [4.78, 5) is 16.6. The van der Waals surface area contributed by atoms with E-state index in [0.29, 0.717) is 27.1 Å². The highest BCUT2D eigenvalue weighted by atomic mass is 35.5. The highest BCUT2D eigenvalue weighted by Crippen LogP contribution is 2.31. The minimum absolute atomic E-state index is 0.424. The summed E-state index contributed by atoms with van der Waals surface area (Å²) in [5, 5.41) is 2.82. The van der Waals surface area contributed by atoms with Crippen LogP contribution in [0, 0.1) is 0 Å². The van der Waals surface area contributed by atoms with Crippen LogP contribution in [0.3, 0.4) is 0 Å². The maximum Gasteiger partial charge on any atom is 0.169 e. The van der Waals surface area contributed by atoms with Crippen LogP contribution in [0.1, 0.15) is 10.5 Å². The van der Waals surface area contributed by atoms with E-state index < -0.39 is 0 Å². The van der Waals surface area contributed by atoms with Gasteiger partial charge in [-0.15, -0.1) is 11.3 Å². The van der Waals surface area contributed by atoms with Gasteiger partial charge in [-0.2, -0.15) is 0 Å². The monoisotopic (exact) mass is 296 g/mol. The predicted octanol–water partition coefficient (Wildman–Crippen LogP) is 4.18. The van der Waals surface area contributed by atoms with Crippen molar-refractivity contribution in [1.29, 1.82) is 0 Å². The first-order valence-electron chi connectivity index (χ1n) is 5.07. The first kappa shape index (κ1) is 11.7. The van der Waals surface area contributed by atoms with Crippen LogP contribution < -0.4 is 0 Å². The Morgan fingerprint density at radius 1 is 1.39 bits per heavy atom. The van der Waals surface area contributed by atoms with Gasteiger partial charge in [0.15, 0.2) is 11.9 Å². The quantitative estimate of drug-likeness (QED) is 0.665. The Labute approximate surface area is 117 Å².